The van der Waals surface area contributed by atoms with Crippen LogP contribution in [0.2, 0.25) is 0 Å². The molecule has 0 spiro atoms. The van der Waals surface area contributed by atoms with Crippen molar-refractivity contribution in [3.8, 4) is 16.9 Å². The van der Waals surface area contributed by atoms with Gasteiger partial charge in [-0.3, -0.25) is 4.79 Å². The molecule has 0 fully saturated rings. The Morgan fingerprint density at radius 2 is 1.79 bits per heavy atom. The van der Waals surface area contributed by atoms with E-state index in [9.17, 15) is 4.79 Å². The predicted octanol–water partition coefficient (Wildman–Crippen LogP) is 4.91. The van der Waals surface area contributed by atoms with E-state index in [0.717, 1.165) is 28.0 Å². The van der Waals surface area contributed by atoms with Crippen LogP contribution in [0.5, 0.6) is 5.75 Å². The number of carbonyl (C=O) groups excluding carboxylic acids is 1. The van der Waals surface area contributed by atoms with Gasteiger partial charge in [0.05, 0.1) is 12.6 Å². The summed E-state index contributed by atoms with van der Waals surface area (Å²) < 4.78 is 5.61. The fraction of sp³-hybridized carbons (Fsp3) is 0.208. The fourth-order valence-corrected chi connectivity index (χ4v) is 3.20. The molecule has 0 unspecified atom stereocenters. The van der Waals surface area contributed by atoms with Crippen molar-refractivity contribution in [3.63, 3.8) is 0 Å². The zero-order chi connectivity index (χ0) is 19.9. The summed E-state index contributed by atoms with van der Waals surface area (Å²) in [5.41, 5.74) is 10.6. The Bertz CT molecular complexity index is 945. The average Bonchev–Trinajstić information content (AvgIpc) is 2.73. The number of aryl methyl sites for hydroxylation is 1. The van der Waals surface area contributed by atoms with E-state index in [-0.39, 0.29) is 24.4 Å². The average molecular weight is 411 g/mol. The van der Waals surface area contributed by atoms with Crippen molar-refractivity contribution in [2.45, 2.75) is 19.9 Å². The highest BCUT2D eigenvalue weighted by Gasteiger charge is 2.15. The molecule has 3 N–H and O–H groups in total. The zero-order valence-corrected chi connectivity index (χ0v) is 17.5. The number of hydrogen-bond acceptors (Lipinski definition) is 3. The number of halogens is 1. The van der Waals surface area contributed by atoms with Gasteiger partial charge < -0.3 is 15.8 Å². The molecule has 0 aliphatic rings. The standard InChI is InChI=1S/C24H26N2O2.ClH/c1-3-28-21-11-7-10-19(14-21)22-15-20(13-12-17(22)2)24(27)26-23(16-25)18-8-5-4-6-9-18;/h4-15,23H,3,16,25H2,1-2H3,(H,26,27);1H/t23-;/m0./s1. The monoisotopic (exact) mass is 410 g/mol. The molecule has 0 aliphatic heterocycles. The fourth-order valence-electron chi connectivity index (χ4n) is 3.20. The van der Waals surface area contributed by atoms with Crippen molar-refractivity contribution >= 4 is 18.3 Å². The van der Waals surface area contributed by atoms with Gasteiger partial charge in [-0.05, 0) is 60.4 Å². The van der Waals surface area contributed by atoms with Crippen LogP contribution in [0.25, 0.3) is 11.1 Å². The van der Waals surface area contributed by atoms with Gasteiger partial charge in [-0.1, -0.05) is 48.5 Å². The van der Waals surface area contributed by atoms with Crippen molar-refractivity contribution in [2.24, 2.45) is 5.73 Å². The molecule has 4 nitrogen and oxygen atoms in total. The first kappa shape index (κ1) is 22.5. The molecular weight excluding hydrogens is 384 g/mol. The summed E-state index contributed by atoms with van der Waals surface area (Å²) in [6.45, 7) is 4.95. The number of ether oxygens (including phenoxy) is 1. The Balaban J connectivity index is 0.00000300. The maximum absolute atomic E-state index is 12.9. The van der Waals surface area contributed by atoms with Crippen molar-refractivity contribution in [1.82, 2.24) is 5.32 Å². The van der Waals surface area contributed by atoms with E-state index >= 15 is 0 Å². The first-order chi connectivity index (χ1) is 13.6. The van der Waals surface area contributed by atoms with Gasteiger partial charge in [0.15, 0.2) is 0 Å². The van der Waals surface area contributed by atoms with E-state index in [0.29, 0.717) is 18.7 Å². The minimum absolute atomic E-state index is 0. The van der Waals surface area contributed by atoms with Crippen LogP contribution in [0.4, 0.5) is 0 Å². The second kappa shape index (κ2) is 10.6. The van der Waals surface area contributed by atoms with Crippen molar-refractivity contribution in [1.29, 1.82) is 0 Å². The van der Waals surface area contributed by atoms with Crippen LogP contribution in [0.1, 0.15) is 34.5 Å². The van der Waals surface area contributed by atoms with Gasteiger partial charge in [-0.2, -0.15) is 0 Å². The second-order valence-electron chi connectivity index (χ2n) is 6.66. The second-order valence-corrected chi connectivity index (χ2v) is 6.66. The Hall–Kier alpha value is -2.82. The molecule has 3 aromatic carbocycles. The molecule has 3 aromatic rings. The molecule has 0 heterocycles. The number of benzene rings is 3. The Kier molecular flexibility index (Phi) is 8.25. The number of carbonyl (C=O) groups is 1. The van der Waals surface area contributed by atoms with E-state index in [1.165, 1.54) is 0 Å². The minimum Gasteiger partial charge on any atom is -0.494 e. The van der Waals surface area contributed by atoms with Crippen molar-refractivity contribution < 1.29 is 9.53 Å². The first-order valence-corrected chi connectivity index (χ1v) is 9.52. The van der Waals surface area contributed by atoms with Crippen LogP contribution in [0.15, 0.2) is 72.8 Å². The highest BCUT2D eigenvalue weighted by molar-refractivity contribution is 5.96. The summed E-state index contributed by atoms with van der Waals surface area (Å²) >= 11 is 0. The molecule has 0 bridgehead atoms. The number of nitrogens with two attached hydrogens (primary N) is 1. The lowest BCUT2D eigenvalue weighted by Crippen LogP contribution is -2.33. The number of amides is 1. The molecule has 5 heteroatoms. The van der Waals surface area contributed by atoms with Gasteiger partial charge in [0.2, 0.25) is 0 Å². The molecule has 0 aliphatic carbocycles. The third-order valence-corrected chi connectivity index (χ3v) is 4.70. The highest BCUT2D eigenvalue weighted by Crippen LogP contribution is 2.28. The molecule has 3 rings (SSSR count). The van der Waals surface area contributed by atoms with Crippen molar-refractivity contribution in [2.75, 3.05) is 13.2 Å². The van der Waals surface area contributed by atoms with Crippen LogP contribution in [0.3, 0.4) is 0 Å². The molecule has 1 atom stereocenters. The number of hydrogen-bond donors (Lipinski definition) is 2. The van der Waals surface area contributed by atoms with Gasteiger partial charge in [0.25, 0.3) is 5.91 Å². The maximum atomic E-state index is 12.9. The molecule has 0 saturated heterocycles. The Morgan fingerprint density at radius 1 is 1.03 bits per heavy atom. The van der Waals surface area contributed by atoms with Gasteiger partial charge >= 0.3 is 0 Å². The molecule has 1 amide bonds. The van der Waals surface area contributed by atoms with Crippen LogP contribution >= 0.6 is 12.4 Å². The number of rotatable bonds is 7. The lowest BCUT2D eigenvalue weighted by Gasteiger charge is -2.18. The topological polar surface area (TPSA) is 64.3 Å². The summed E-state index contributed by atoms with van der Waals surface area (Å²) in [5.74, 6) is 0.683. The van der Waals surface area contributed by atoms with Gasteiger partial charge in [0.1, 0.15) is 5.75 Å². The minimum atomic E-state index is -0.222. The van der Waals surface area contributed by atoms with E-state index in [1.54, 1.807) is 0 Å². The SMILES string of the molecule is CCOc1cccc(-c2cc(C(=O)N[C@@H](CN)c3ccccc3)ccc2C)c1.Cl. The van der Waals surface area contributed by atoms with Crippen LogP contribution < -0.4 is 15.8 Å². The highest BCUT2D eigenvalue weighted by atomic mass is 35.5. The lowest BCUT2D eigenvalue weighted by atomic mass is 9.97. The zero-order valence-electron chi connectivity index (χ0n) is 16.7. The summed E-state index contributed by atoms with van der Waals surface area (Å²) in [5, 5.41) is 3.04. The molecular formula is C24H27ClN2O2. The smallest absolute Gasteiger partial charge is 0.251 e. The third kappa shape index (κ3) is 5.59. The lowest BCUT2D eigenvalue weighted by molar-refractivity contribution is 0.0938. The molecule has 0 radical (unpaired) electrons. The summed E-state index contributed by atoms with van der Waals surface area (Å²) in [6.07, 6.45) is 0. The van der Waals surface area contributed by atoms with Crippen LogP contribution in [-0.4, -0.2) is 19.1 Å². The van der Waals surface area contributed by atoms with E-state index < -0.39 is 0 Å². The normalized spacial score (nSPS) is 11.3. The van der Waals surface area contributed by atoms with Crippen molar-refractivity contribution in [3.05, 3.63) is 89.5 Å². The predicted molar refractivity (Wildman–Crippen MR) is 121 cm³/mol. The molecule has 152 valence electrons. The van der Waals surface area contributed by atoms with Gasteiger partial charge in [0, 0.05) is 12.1 Å². The molecule has 0 saturated carbocycles. The van der Waals surface area contributed by atoms with Crippen LogP contribution in [0, 0.1) is 6.92 Å². The molecule has 29 heavy (non-hydrogen) atoms. The Morgan fingerprint density at radius 3 is 2.48 bits per heavy atom. The quantitative estimate of drug-likeness (QED) is 0.581. The van der Waals surface area contributed by atoms with E-state index in [4.69, 9.17) is 10.5 Å². The Labute approximate surface area is 178 Å². The largest absolute Gasteiger partial charge is 0.494 e. The van der Waals surface area contributed by atoms with E-state index in [1.807, 2.05) is 86.6 Å². The third-order valence-electron chi connectivity index (χ3n) is 4.70. The summed E-state index contributed by atoms with van der Waals surface area (Å²) in [6, 6.07) is 23.2. The maximum Gasteiger partial charge on any atom is 0.251 e. The summed E-state index contributed by atoms with van der Waals surface area (Å²) in [4.78, 5) is 12.9. The van der Waals surface area contributed by atoms with Crippen LogP contribution in [-0.2, 0) is 0 Å². The van der Waals surface area contributed by atoms with E-state index in [2.05, 4.69) is 5.32 Å². The number of nitrogens with one attached hydrogen (secondary N) is 1. The van der Waals surface area contributed by atoms with Gasteiger partial charge in [-0.15, -0.1) is 12.4 Å². The van der Waals surface area contributed by atoms with Gasteiger partial charge in [-0.25, -0.2) is 0 Å². The molecule has 0 aromatic heterocycles. The summed E-state index contributed by atoms with van der Waals surface area (Å²) in [7, 11) is 0. The first-order valence-electron chi connectivity index (χ1n) is 9.52.